The van der Waals surface area contributed by atoms with Gasteiger partial charge in [0.05, 0.1) is 0 Å². The maximum absolute atomic E-state index is 12.2. The van der Waals surface area contributed by atoms with E-state index in [0.29, 0.717) is 28.4 Å². The van der Waals surface area contributed by atoms with Crippen molar-refractivity contribution in [2.24, 2.45) is 0 Å². The molecule has 0 spiro atoms. The first-order valence-corrected chi connectivity index (χ1v) is 7.82. The van der Waals surface area contributed by atoms with Crippen molar-refractivity contribution in [3.05, 3.63) is 54.4 Å². The number of urea groups is 1. The number of oxazole rings is 1. The number of hydrogen-bond acceptors (Lipinski definition) is 4. The van der Waals surface area contributed by atoms with E-state index in [4.69, 9.17) is 4.42 Å². The van der Waals surface area contributed by atoms with Crippen molar-refractivity contribution in [2.45, 2.75) is 19.9 Å². The van der Waals surface area contributed by atoms with Crippen molar-refractivity contribution >= 4 is 34.4 Å². The van der Waals surface area contributed by atoms with Crippen LogP contribution in [0.5, 0.6) is 0 Å². The summed E-state index contributed by atoms with van der Waals surface area (Å²) in [5, 5.41) is 8.01. The predicted molar refractivity (Wildman–Crippen MR) is 95.4 cm³/mol. The number of aromatic nitrogens is 1. The zero-order valence-corrected chi connectivity index (χ0v) is 13.9. The lowest BCUT2D eigenvalue weighted by atomic mass is 10.2. The number of rotatable bonds is 4. The Hall–Kier alpha value is -3.35. The number of carbonyl (C=O) groups excluding carboxylic acids is 2. The molecule has 1 heterocycles. The van der Waals surface area contributed by atoms with E-state index in [1.165, 1.54) is 0 Å². The van der Waals surface area contributed by atoms with Crippen LogP contribution in [-0.4, -0.2) is 23.0 Å². The first-order chi connectivity index (χ1) is 12.0. The standard InChI is InChI=1S/C18H18N4O3/c1-11(19-18(24)22-13-6-4-3-5-7-13)17(23)21-14-8-9-16-15(10-14)20-12(2)25-16/h3-11H,1-2H3,(H,21,23)(H2,19,22,24). The second-order valence-electron chi connectivity index (χ2n) is 5.59. The number of benzene rings is 2. The first-order valence-electron chi connectivity index (χ1n) is 7.82. The van der Waals surface area contributed by atoms with Gasteiger partial charge >= 0.3 is 6.03 Å². The number of carbonyl (C=O) groups is 2. The Morgan fingerprint density at radius 2 is 1.80 bits per heavy atom. The number of para-hydroxylation sites is 1. The second-order valence-corrected chi connectivity index (χ2v) is 5.59. The van der Waals surface area contributed by atoms with Crippen LogP contribution in [0.1, 0.15) is 12.8 Å². The van der Waals surface area contributed by atoms with Crippen LogP contribution in [0.15, 0.2) is 52.9 Å². The lowest BCUT2D eigenvalue weighted by Crippen LogP contribution is -2.43. The number of anilines is 2. The van der Waals surface area contributed by atoms with E-state index >= 15 is 0 Å². The van der Waals surface area contributed by atoms with Crippen LogP contribution in [0.2, 0.25) is 0 Å². The molecule has 3 amide bonds. The largest absolute Gasteiger partial charge is 0.441 e. The molecule has 3 aromatic rings. The summed E-state index contributed by atoms with van der Waals surface area (Å²) < 4.78 is 5.40. The first kappa shape index (κ1) is 16.5. The fourth-order valence-corrected chi connectivity index (χ4v) is 2.32. The third-order valence-electron chi connectivity index (χ3n) is 3.53. The molecule has 25 heavy (non-hydrogen) atoms. The van der Waals surface area contributed by atoms with Crippen LogP contribution >= 0.6 is 0 Å². The Labute approximate surface area is 144 Å². The van der Waals surface area contributed by atoms with Crippen molar-refractivity contribution in [3.8, 4) is 0 Å². The molecule has 0 radical (unpaired) electrons. The third-order valence-corrected chi connectivity index (χ3v) is 3.53. The molecule has 128 valence electrons. The number of aryl methyl sites for hydroxylation is 1. The van der Waals surface area contributed by atoms with Crippen molar-refractivity contribution in [1.29, 1.82) is 0 Å². The summed E-state index contributed by atoms with van der Waals surface area (Å²) >= 11 is 0. The number of amides is 3. The third kappa shape index (κ3) is 4.14. The van der Waals surface area contributed by atoms with Crippen LogP contribution in [0.4, 0.5) is 16.2 Å². The van der Waals surface area contributed by atoms with Gasteiger partial charge in [-0.3, -0.25) is 4.79 Å². The van der Waals surface area contributed by atoms with Gasteiger partial charge < -0.3 is 20.4 Å². The average Bonchev–Trinajstić information content (AvgIpc) is 2.94. The van der Waals surface area contributed by atoms with Gasteiger partial charge in [0.15, 0.2) is 11.5 Å². The predicted octanol–water partition coefficient (Wildman–Crippen LogP) is 3.28. The summed E-state index contributed by atoms with van der Waals surface area (Å²) in [6.07, 6.45) is 0. The average molecular weight is 338 g/mol. The quantitative estimate of drug-likeness (QED) is 0.680. The Morgan fingerprint density at radius 3 is 2.56 bits per heavy atom. The second kappa shape index (κ2) is 7.04. The molecule has 0 saturated heterocycles. The van der Waals surface area contributed by atoms with Gasteiger partial charge in [0.25, 0.3) is 0 Å². The van der Waals surface area contributed by atoms with Crippen molar-refractivity contribution < 1.29 is 14.0 Å². The fourth-order valence-electron chi connectivity index (χ4n) is 2.32. The molecule has 0 aliphatic carbocycles. The van der Waals surface area contributed by atoms with Crippen LogP contribution in [-0.2, 0) is 4.79 Å². The smallest absolute Gasteiger partial charge is 0.319 e. The molecule has 0 fully saturated rings. The maximum Gasteiger partial charge on any atom is 0.319 e. The molecule has 0 aliphatic rings. The van der Waals surface area contributed by atoms with Crippen LogP contribution in [0.3, 0.4) is 0 Å². The van der Waals surface area contributed by atoms with E-state index in [9.17, 15) is 9.59 Å². The van der Waals surface area contributed by atoms with Gasteiger partial charge in [0.1, 0.15) is 11.6 Å². The monoisotopic (exact) mass is 338 g/mol. The summed E-state index contributed by atoms with van der Waals surface area (Å²) in [4.78, 5) is 28.4. The van der Waals surface area contributed by atoms with Gasteiger partial charge in [-0.15, -0.1) is 0 Å². The van der Waals surface area contributed by atoms with Gasteiger partial charge in [-0.25, -0.2) is 9.78 Å². The molecule has 0 saturated carbocycles. The summed E-state index contributed by atoms with van der Waals surface area (Å²) in [5.74, 6) is 0.230. The van der Waals surface area contributed by atoms with Gasteiger partial charge in [0.2, 0.25) is 5.91 Å². The highest BCUT2D eigenvalue weighted by atomic mass is 16.3. The number of hydrogen-bond donors (Lipinski definition) is 3. The summed E-state index contributed by atoms with van der Waals surface area (Å²) in [5.41, 5.74) is 2.56. The Morgan fingerprint density at radius 1 is 1.04 bits per heavy atom. The van der Waals surface area contributed by atoms with Crippen molar-refractivity contribution in [1.82, 2.24) is 10.3 Å². The van der Waals surface area contributed by atoms with E-state index in [1.54, 1.807) is 44.2 Å². The zero-order chi connectivity index (χ0) is 17.8. The minimum atomic E-state index is -0.710. The summed E-state index contributed by atoms with van der Waals surface area (Å²) in [6.45, 7) is 3.37. The molecule has 2 aromatic carbocycles. The van der Waals surface area contributed by atoms with Crippen LogP contribution in [0.25, 0.3) is 11.1 Å². The van der Waals surface area contributed by atoms with Crippen LogP contribution in [0, 0.1) is 6.92 Å². The lowest BCUT2D eigenvalue weighted by molar-refractivity contribution is -0.117. The van der Waals surface area contributed by atoms with Gasteiger partial charge in [-0.1, -0.05) is 18.2 Å². The minimum Gasteiger partial charge on any atom is -0.441 e. The van der Waals surface area contributed by atoms with E-state index in [1.807, 2.05) is 18.2 Å². The highest BCUT2D eigenvalue weighted by Crippen LogP contribution is 2.19. The van der Waals surface area contributed by atoms with E-state index in [0.717, 1.165) is 0 Å². The van der Waals surface area contributed by atoms with Gasteiger partial charge in [0, 0.05) is 18.3 Å². The molecule has 1 unspecified atom stereocenters. The molecule has 1 aromatic heterocycles. The molecule has 3 N–H and O–H groups in total. The summed E-state index contributed by atoms with van der Waals surface area (Å²) in [6, 6.07) is 13.0. The van der Waals surface area contributed by atoms with Crippen molar-refractivity contribution in [3.63, 3.8) is 0 Å². The molecule has 3 rings (SSSR count). The Bertz CT molecular complexity index is 905. The maximum atomic E-state index is 12.2. The van der Waals surface area contributed by atoms with E-state index in [2.05, 4.69) is 20.9 Å². The van der Waals surface area contributed by atoms with Gasteiger partial charge in [-0.2, -0.15) is 0 Å². The molecule has 0 bridgehead atoms. The number of nitrogens with zero attached hydrogens (tertiary/aromatic N) is 1. The molecule has 7 heteroatoms. The summed E-state index contributed by atoms with van der Waals surface area (Å²) in [7, 11) is 0. The highest BCUT2D eigenvalue weighted by molar-refractivity contribution is 5.99. The normalized spacial score (nSPS) is 11.8. The number of nitrogens with one attached hydrogen (secondary N) is 3. The Kier molecular flexibility index (Phi) is 4.65. The van der Waals surface area contributed by atoms with Crippen LogP contribution < -0.4 is 16.0 Å². The van der Waals surface area contributed by atoms with Gasteiger partial charge in [-0.05, 0) is 37.3 Å². The molecule has 7 nitrogen and oxygen atoms in total. The lowest BCUT2D eigenvalue weighted by Gasteiger charge is -2.14. The topological polar surface area (TPSA) is 96.3 Å². The fraction of sp³-hybridized carbons (Fsp3) is 0.167. The van der Waals surface area contributed by atoms with E-state index in [-0.39, 0.29) is 5.91 Å². The molecule has 1 atom stereocenters. The zero-order valence-electron chi connectivity index (χ0n) is 13.9. The number of fused-ring (bicyclic) bond motifs is 1. The Balaban J connectivity index is 1.58. The molecular formula is C18H18N4O3. The van der Waals surface area contributed by atoms with Crippen molar-refractivity contribution in [2.75, 3.05) is 10.6 Å². The SMILES string of the molecule is Cc1nc2cc(NC(=O)C(C)NC(=O)Nc3ccccc3)ccc2o1. The minimum absolute atomic E-state index is 0.331. The molecular weight excluding hydrogens is 320 g/mol. The highest BCUT2D eigenvalue weighted by Gasteiger charge is 2.16. The van der Waals surface area contributed by atoms with E-state index < -0.39 is 12.1 Å². The molecule has 0 aliphatic heterocycles.